The van der Waals surface area contributed by atoms with Crippen LogP contribution in [0.3, 0.4) is 0 Å². The predicted octanol–water partition coefficient (Wildman–Crippen LogP) is 2.83. The number of para-hydroxylation sites is 1. The molecule has 2 aromatic rings. The molecule has 0 aliphatic carbocycles. The number of amides is 1. The van der Waals surface area contributed by atoms with E-state index in [4.69, 9.17) is 4.74 Å². The normalized spacial score (nSPS) is 10.6. The van der Waals surface area contributed by atoms with Crippen LogP contribution < -0.4 is 10.1 Å². The predicted molar refractivity (Wildman–Crippen MR) is 78.7 cm³/mol. The summed E-state index contributed by atoms with van der Waals surface area (Å²) in [6.07, 6.45) is 3.69. The summed E-state index contributed by atoms with van der Waals surface area (Å²) >= 11 is 0. The van der Waals surface area contributed by atoms with Crippen molar-refractivity contribution in [2.45, 2.75) is 26.3 Å². The smallest absolute Gasteiger partial charge is 0.258 e. The molecule has 0 unspecified atom stereocenters. The highest BCUT2D eigenvalue weighted by Crippen LogP contribution is 2.25. The van der Waals surface area contributed by atoms with Gasteiger partial charge >= 0.3 is 0 Å². The van der Waals surface area contributed by atoms with Crippen LogP contribution >= 0.6 is 0 Å². The first kappa shape index (κ1) is 14.2. The van der Waals surface area contributed by atoms with E-state index in [2.05, 4.69) is 24.1 Å². The molecular weight excluding hydrogens is 252 g/mol. The summed E-state index contributed by atoms with van der Waals surface area (Å²) < 4.78 is 5.61. The number of ether oxygens (including phenoxy) is 1. The number of hydrogen-bond donors (Lipinski definition) is 2. The van der Waals surface area contributed by atoms with Crippen LogP contribution in [0.1, 0.15) is 30.9 Å². The molecular formula is C16H20N2O2. The first-order valence-electron chi connectivity index (χ1n) is 6.77. The van der Waals surface area contributed by atoms with Gasteiger partial charge in [-0.2, -0.15) is 0 Å². The molecule has 1 heterocycles. The van der Waals surface area contributed by atoms with Crippen molar-refractivity contribution in [3.8, 4) is 5.75 Å². The first-order chi connectivity index (χ1) is 9.66. The summed E-state index contributed by atoms with van der Waals surface area (Å²) in [5.41, 5.74) is 2.16. The summed E-state index contributed by atoms with van der Waals surface area (Å²) in [5, 5.41) is 2.82. The fraction of sp³-hybridized carbons (Fsp3) is 0.312. The zero-order chi connectivity index (χ0) is 14.4. The number of benzene rings is 1. The molecule has 0 saturated heterocycles. The van der Waals surface area contributed by atoms with Gasteiger partial charge in [0.15, 0.2) is 6.61 Å². The van der Waals surface area contributed by atoms with Gasteiger partial charge in [-0.05, 0) is 29.2 Å². The second-order valence-electron chi connectivity index (χ2n) is 4.98. The summed E-state index contributed by atoms with van der Waals surface area (Å²) in [4.78, 5) is 14.7. The van der Waals surface area contributed by atoms with Crippen LogP contribution in [0.2, 0.25) is 0 Å². The van der Waals surface area contributed by atoms with E-state index in [1.165, 1.54) is 0 Å². The summed E-state index contributed by atoms with van der Waals surface area (Å²) in [6, 6.07) is 9.74. The lowest BCUT2D eigenvalue weighted by Gasteiger charge is -2.13. The second kappa shape index (κ2) is 6.80. The van der Waals surface area contributed by atoms with Gasteiger partial charge in [0.25, 0.3) is 5.91 Å². The Labute approximate surface area is 119 Å². The Morgan fingerprint density at radius 2 is 2.10 bits per heavy atom. The van der Waals surface area contributed by atoms with Crippen molar-refractivity contribution in [3.63, 3.8) is 0 Å². The number of hydrogen-bond acceptors (Lipinski definition) is 2. The monoisotopic (exact) mass is 272 g/mol. The number of aromatic amines is 1. The molecule has 0 aliphatic heterocycles. The Morgan fingerprint density at radius 3 is 2.80 bits per heavy atom. The molecule has 0 atom stereocenters. The largest absolute Gasteiger partial charge is 0.483 e. The average Bonchev–Trinajstić information content (AvgIpc) is 2.96. The molecule has 1 aromatic heterocycles. The van der Waals surface area contributed by atoms with Crippen molar-refractivity contribution >= 4 is 5.91 Å². The highest BCUT2D eigenvalue weighted by Gasteiger charge is 2.09. The van der Waals surface area contributed by atoms with Crippen LogP contribution in [0.4, 0.5) is 0 Å². The zero-order valence-electron chi connectivity index (χ0n) is 11.8. The van der Waals surface area contributed by atoms with Crippen molar-refractivity contribution in [2.75, 3.05) is 6.61 Å². The highest BCUT2D eigenvalue weighted by atomic mass is 16.5. The van der Waals surface area contributed by atoms with Crippen molar-refractivity contribution in [2.24, 2.45) is 0 Å². The summed E-state index contributed by atoms with van der Waals surface area (Å²) in [6.45, 7) is 4.76. The molecule has 2 rings (SSSR count). The molecule has 0 fully saturated rings. The second-order valence-corrected chi connectivity index (χ2v) is 4.98. The Morgan fingerprint density at radius 1 is 1.30 bits per heavy atom. The van der Waals surface area contributed by atoms with Gasteiger partial charge in [0, 0.05) is 18.9 Å². The van der Waals surface area contributed by atoms with Gasteiger partial charge in [-0.15, -0.1) is 0 Å². The van der Waals surface area contributed by atoms with Gasteiger partial charge in [0.05, 0.1) is 0 Å². The Bertz CT molecular complexity index is 547. The number of carbonyl (C=O) groups is 1. The molecule has 1 amide bonds. The molecule has 0 bridgehead atoms. The maximum Gasteiger partial charge on any atom is 0.258 e. The van der Waals surface area contributed by atoms with E-state index in [1.807, 2.05) is 42.7 Å². The summed E-state index contributed by atoms with van der Waals surface area (Å²) in [5.74, 6) is 1.03. The lowest BCUT2D eigenvalue weighted by atomic mass is 10.0. The van der Waals surface area contributed by atoms with Crippen LogP contribution in [-0.4, -0.2) is 17.5 Å². The van der Waals surface area contributed by atoms with E-state index in [9.17, 15) is 4.79 Å². The zero-order valence-corrected chi connectivity index (χ0v) is 11.8. The quantitative estimate of drug-likeness (QED) is 0.849. The van der Waals surface area contributed by atoms with E-state index in [1.54, 1.807) is 0 Å². The third kappa shape index (κ3) is 3.88. The van der Waals surface area contributed by atoms with E-state index < -0.39 is 0 Å². The van der Waals surface area contributed by atoms with Crippen LogP contribution in [0, 0.1) is 0 Å². The van der Waals surface area contributed by atoms with E-state index in [0.29, 0.717) is 12.5 Å². The minimum Gasteiger partial charge on any atom is -0.483 e. The van der Waals surface area contributed by atoms with E-state index in [-0.39, 0.29) is 12.5 Å². The standard InChI is InChI=1S/C16H20N2O2/c1-12(2)14-5-3-4-6-15(14)20-11-16(19)18-10-13-7-8-17-9-13/h3-9,12,17H,10-11H2,1-2H3,(H,18,19). The van der Waals surface area contributed by atoms with E-state index >= 15 is 0 Å². The lowest BCUT2D eigenvalue weighted by molar-refractivity contribution is -0.123. The van der Waals surface area contributed by atoms with Gasteiger partial charge in [-0.3, -0.25) is 4.79 Å². The van der Waals surface area contributed by atoms with Crippen molar-refractivity contribution < 1.29 is 9.53 Å². The first-order valence-corrected chi connectivity index (χ1v) is 6.77. The maximum atomic E-state index is 11.7. The molecule has 4 nitrogen and oxygen atoms in total. The molecule has 0 saturated carbocycles. The molecule has 4 heteroatoms. The topological polar surface area (TPSA) is 54.1 Å². The Kier molecular flexibility index (Phi) is 4.82. The molecule has 20 heavy (non-hydrogen) atoms. The van der Waals surface area contributed by atoms with Crippen LogP contribution in [0.25, 0.3) is 0 Å². The fourth-order valence-corrected chi connectivity index (χ4v) is 1.95. The molecule has 2 N–H and O–H groups in total. The third-order valence-corrected chi connectivity index (χ3v) is 3.05. The van der Waals surface area contributed by atoms with Crippen LogP contribution in [-0.2, 0) is 11.3 Å². The number of carbonyl (C=O) groups excluding carboxylic acids is 1. The fourth-order valence-electron chi connectivity index (χ4n) is 1.95. The number of rotatable bonds is 6. The average molecular weight is 272 g/mol. The van der Waals surface area contributed by atoms with Crippen molar-refractivity contribution in [1.29, 1.82) is 0 Å². The van der Waals surface area contributed by atoms with Gasteiger partial charge in [0.1, 0.15) is 5.75 Å². The highest BCUT2D eigenvalue weighted by molar-refractivity contribution is 5.77. The summed E-state index contributed by atoms with van der Waals surface area (Å²) in [7, 11) is 0. The minimum atomic E-state index is -0.121. The number of H-pyrrole nitrogens is 1. The van der Waals surface area contributed by atoms with Crippen molar-refractivity contribution in [3.05, 3.63) is 53.9 Å². The number of aromatic nitrogens is 1. The van der Waals surface area contributed by atoms with Crippen LogP contribution in [0.15, 0.2) is 42.7 Å². The minimum absolute atomic E-state index is 0.0359. The van der Waals surface area contributed by atoms with Gasteiger partial charge < -0.3 is 15.0 Å². The van der Waals surface area contributed by atoms with Gasteiger partial charge in [-0.1, -0.05) is 32.0 Å². The third-order valence-electron chi connectivity index (χ3n) is 3.05. The van der Waals surface area contributed by atoms with Crippen molar-refractivity contribution in [1.82, 2.24) is 10.3 Å². The Hall–Kier alpha value is -2.23. The van der Waals surface area contributed by atoms with E-state index in [0.717, 1.165) is 16.9 Å². The molecule has 0 radical (unpaired) electrons. The van der Waals surface area contributed by atoms with Gasteiger partial charge in [-0.25, -0.2) is 0 Å². The Balaban J connectivity index is 1.84. The molecule has 0 spiro atoms. The molecule has 0 aliphatic rings. The lowest BCUT2D eigenvalue weighted by Crippen LogP contribution is -2.28. The molecule has 1 aromatic carbocycles. The van der Waals surface area contributed by atoms with Gasteiger partial charge in [0.2, 0.25) is 0 Å². The van der Waals surface area contributed by atoms with Crippen LogP contribution in [0.5, 0.6) is 5.75 Å². The SMILES string of the molecule is CC(C)c1ccccc1OCC(=O)NCc1cc[nH]c1. The maximum absolute atomic E-state index is 11.7. The number of nitrogens with one attached hydrogen (secondary N) is 2. The molecule has 106 valence electrons.